The van der Waals surface area contributed by atoms with Gasteiger partial charge < -0.3 is 14.9 Å². The first-order chi connectivity index (χ1) is 9.58. The van der Waals surface area contributed by atoms with Gasteiger partial charge in [0.15, 0.2) is 0 Å². The van der Waals surface area contributed by atoms with Gasteiger partial charge in [-0.25, -0.2) is 8.78 Å². The first-order valence-corrected chi connectivity index (χ1v) is 7.11. The van der Waals surface area contributed by atoms with Gasteiger partial charge in [-0.1, -0.05) is 6.07 Å². The van der Waals surface area contributed by atoms with Crippen LogP contribution in [0.15, 0.2) is 18.2 Å². The number of likely N-dealkylation sites (tertiary alicyclic amines) is 1. The molecule has 1 aliphatic heterocycles. The summed E-state index contributed by atoms with van der Waals surface area (Å²) in [4.78, 5) is 4.28. The highest BCUT2D eigenvalue weighted by atomic mass is 19.1. The van der Waals surface area contributed by atoms with E-state index in [-0.39, 0.29) is 12.1 Å². The molecule has 1 fully saturated rings. The van der Waals surface area contributed by atoms with Crippen molar-refractivity contribution >= 4 is 0 Å². The molecular formula is C15H22F2N2O. The van der Waals surface area contributed by atoms with Crippen molar-refractivity contribution in [2.45, 2.75) is 18.9 Å². The van der Waals surface area contributed by atoms with Gasteiger partial charge in [0, 0.05) is 19.6 Å². The summed E-state index contributed by atoms with van der Waals surface area (Å²) < 4.78 is 27.1. The van der Waals surface area contributed by atoms with Crippen molar-refractivity contribution in [3.63, 3.8) is 0 Å². The zero-order chi connectivity index (χ0) is 14.5. The summed E-state index contributed by atoms with van der Waals surface area (Å²) in [6.07, 6.45) is 1.35. The second-order valence-electron chi connectivity index (χ2n) is 5.46. The standard InChI is InChI=1S/C15H22F2N2O/c1-18(9-10-19-7-2-3-8-19)11-14(20)15-12(16)5-4-6-13(15)17/h4-6,14,20H,2-3,7-11H2,1H3. The van der Waals surface area contributed by atoms with Gasteiger partial charge in [-0.2, -0.15) is 0 Å². The average molecular weight is 284 g/mol. The molecule has 2 rings (SSSR count). The molecule has 1 aromatic rings. The van der Waals surface area contributed by atoms with Crippen molar-refractivity contribution < 1.29 is 13.9 Å². The SMILES string of the molecule is CN(CCN1CCCC1)CC(O)c1c(F)cccc1F. The molecule has 0 bridgehead atoms. The summed E-state index contributed by atoms with van der Waals surface area (Å²) in [5.74, 6) is -1.38. The summed E-state index contributed by atoms with van der Waals surface area (Å²) in [5, 5.41) is 10.0. The van der Waals surface area contributed by atoms with Crippen molar-refractivity contribution in [2.24, 2.45) is 0 Å². The number of nitrogens with zero attached hydrogens (tertiary/aromatic N) is 2. The quantitative estimate of drug-likeness (QED) is 0.866. The third-order valence-electron chi connectivity index (χ3n) is 3.81. The van der Waals surface area contributed by atoms with Gasteiger partial charge in [0.1, 0.15) is 11.6 Å². The lowest BCUT2D eigenvalue weighted by Gasteiger charge is -2.24. The molecule has 1 atom stereocenters. The fraction of sp³-hybridized carbons (Fsp3) is 0.600. The monoisotopic (exact) mass is 284 g/mol. The van der Waals surface area contributed by atoms with Gasteiger partial charge in [0.2, 0.25) is 0 Å². The predicted octanol–water partition coefficient (Wildman–Crippen LogP) is 2.03. The molecule has 112 valence electrons. The minimum Gasteiger partial charge on any atom is -0.387 e. The molecule has 0 saturated carbocycles. The van der Waals surface area contributed by atoms with E-state index in [1.165, 1.54) is 31.0 Å². The Kier molecular flexibility index (Phi) is 5.46. The minimum absolute atomic E-state index is 0.228. The van der Waals surface area contributed by atoms with Gasteiger partial charge in [0.25, 0.3) is 0 Å². The van der Waals surface area contributed by atoms with Gasteiger partial charge in [-0.3, -0.25) is 0 Å². The van der Waals surface area contributed by atoms with E-state index in [1.807, 2.05) is 11.9 Å². The third kappa shape index (κ3) is 3.98. The molecule has 1 N–H and O–H groups in total. The zero-order valence-corrected chi connectivity index (χ0v) is 11.9. The van der Waals surface area contributed by atoms with Crippen LogP contribution < -0.4 is 0 Å². The molecule has 20 heavy (non-hydrogen) atoms. The highest BCUT2D eigenvalue weighted by Gasteiger charge is 2.19. The lowest BCUT2D eigenvalue weighted by molar-refractivity contribution is 0.114. The van der Waals surface area contributed by atoms with Crippen molar-refractivity contribution in [3.05, 3.63) is 35.4 Å². The first kappa shape index (κ1) is 15.4. The van der Waals surface area contributed by atoms with E-state index in [9.17, 15) is 13.9 Å². The molecule has 0 aromatic heterocycles. The smallest absolute Gasteiger partial charge is 0.131 e. The Balaban J connectivity index is 1.85. The molecule has 0 aliphatic carbocycles. The minimum atomic E-state index is -1.14. The molecule has 1 unspecified atom stereocenters. The fourth-order valence-corrected chi connectivity index (χ4v) is 2.63. The first-order valence-electron chi connectivity index (χ1n) is 7.11. The highest BCUT2D eigenvalue weighted by Crippen LogP contribution is 2.21. The molecule has 0 spiro atoms. The number of rotatable bonds is 6. The molecule has 0 amide bonds. The van der Waals surface area contributed by atoms with E-state index in [1.54, 1.807) is 0 Å². The average Bonchev–Trinajstić information content (AvgIpc) is 2.89. The molecule has 3 nitrogen and oxygen atoms in total. The van der Waals surface area contributed by atoms with Crippen LogP contribution in [0.1, 0.15) is 24.5 Å². The molecule has 1 aromatic carbocycles. The largest absolute Gasteiger partial charge is 0.387 e. The summed E-state index contributed by atoms with van der Waals surface area (Å²) >= 11 is 0. The number of halogens is 2. The van der Waals surface area contributed by atoms with Crippen molar-refractivity contribution in [1.29, 1.82) is 0 Å². The predicted molar refractivity (Wildman–Crippen MR) is 74.5 cm³/mol. The number of aliphatic hydroxyl groups is 1. The molecule has 0 radical (unpaired) electrons. The van der Waals surface area contributed by atoms with Crippen LogP contribution in [0.3, 0.4) is 0 Å². The summed E-state index contributed by atoms with van der Waals surface area (Å²) in [5.41, 5.74) is -0.236. The van der Waals surface area contributed by atoms with E-state index >= 15 is 0 Å². The molecule has 1 heterocycles. The molecule has 1 saturated heterocycles. The normalized spacial score (nSPS) is 17.9. The fourth-order valence-electron chi connectivity index (χ4n) is 2.63. The van der Waals surface area contributed by atoms with E-state index in [0.29, 0.717) is 0 Å². The number of aliphatic hydroxyl groups excluding tert-OH is 1. The van der Waals surface area contributed by atoms with Crippen LogP contribution in [0, 0.1) is 11.6 Å². The summed E-state index contributed by atoms with van der Waals surface area (Å²) in [7, 11) is 1.86. The van der Waals surface area contributed by atoms with Crippen LogP contribution in [0.4, 0.5) is 8.78 Å². The van der Waals surface area contributed by atoms with Crippen molar-refractivity contribution in [2.75, 3.05) is 39.8 Å². The second-order valence-corrected chi connectivity index (χ2v) is 5.46. The van der Waals surface area contributed by atoms with Crippen LogP contribution >= 0.6 is 0 Å². The third-order valence-corrected chi connectivity index (χ3v) is 3.81. The Morgan fingerprint density at radius 3 is 2.45 bits per heavy atom. The maximum atomic E-state index is 13.6. The van der Waals surface area contributed by atoms with E-state index in [4.69, 9.17) is 0 Å². The van der Waals surface area contributed by atoms with Crippen molar-refractivity contribution in [1.82, 2.24) is 9.80 Å². The lowest BCUT2D eigenvalue weighted by Crippen LogP contribution is -2.34. The Bertz CT molecular complexity index is 416. The number of likely N-dealkylation sites (N-methyl/N-ethyl adjacent to an activating group) is 1. The Morgan fingerprint density at radius 2 is 1.85 bits per heavy atom. The van der Waals surface area contributed by atoms with Gasteiger partial charge in [-0.15, -0.1) is 0 Å². The maximum absolute atomic E-state index is 13.6. The van der Waals surface area contributed by atoms with Crippen LogP contribution in [0.5, 0.6) is 0 Å². The van der Waals surface area contributed by atoms with Gasteiger partial charge in [0.05, 0.1) is 11.7 Å². The van der Waals surface area contributed by atoms with Crippen LogP contribution in [0.2, 0.25) is 0 Å². The highest BCUT2D eigenvalue weighted by molar-refractivity contribution is 5.22. The molecule has 5 heteroatoms. The number of benzene rings is 1. The topological polar surface area (TPSA) is 26.7 Å². The van der Waals surface area contributed by atoms with Crippen LogP contribution in [-0.4, -0.2) is 54.7 Å². The summed E-state index contributed by atoms with van der Waals surface area (Å²) in [6.45, 7) is 4.19. The molecular weight excluding hydrogens is 262 g/mol. The number of hydrogen-bond acceptors (Lipinski definition) is 3. The molecule has 1 aliphatic rings. The van der Waals surface area contributed by atoms with E-state index in [2.05, 4.69) is 4.90 Å². The van der Waals surface area contributed by atoms with Crippen LogP contribution in [0.25, 0.3) is 0 Å². The Hall–Kier alpha value is -1.04. The number of hydrogen-bond donors (Lipinski definition) is 1. The maximum Gasteiger partial charge on any atom is 0.131 e. The van der Waals surface area contributed by atoms with E-state index in [0.717, 1.165) is 26.2 Å². The zero-order valence-electron chi connectivity index (χ0n) is 11.9. The van der Waals surface area contributed by atoms with Crippen molar-refractivity contribution in [3.8, 4) is 0 Å². The second kappa shape index (κ2) is 7.11. The summed E-state index contributed by atoms with van der Waals surface area (Å²) in [6, 6.07) is 3.65. The van der Waals surface area contributed by atoms with Gasteiger partial charge in [-0.05, 0) is 45.1 Å². The van der Waals surface area contributed by atoms with E-state index < -0.39 is 17.7 Å². The van der Waals surface area contributed by atoms with Gasteiger partial charge >= 0.3 is 0 Å². The Labute approximate surface area is 118 Å². The van der Waals surface area contributed by atoms with Crippen LogP contribution in [-0.2, 0) is 0 Å². The Morgan fingerprint density at radius 1 is 1.25 bits per heavy atom. The lowest BCUT2D eigenvalue weighted by atomic mass is 10.1.